The lowest BCUT2D eigenvalue weighted by Gasteiger charge is -2.17. The van der Waals surface area contributed by atoms with Crippen LogP contribution in [0.3, 0.4) is 0 Å². The molecule has 2 aromatic heterocycles. The molecule has 1 fully saturated rings. The molecule has 1 aliphatic heterocycles. The maximum Gasteiger partial charge on any atom is 0.258 e. The second-order valence-electron chi connectivity index (χ2n) is 6.16. The molecule has 0 unspecified atom stereocenters. The van der Waals surface area contributed by atoms with Gasteiger partial charge in [0.2, 0.25) is 0 Å². The average Bonchev–Trinajstić information content (AvgIpc) is 3.38. The molecular formula is C19H19N5O2. The number of carbonyl (C=O) groups excluding carboxylic acids is 1. The van der Waals surface area contributed by atoms with Crippen LogP contribution in [0.1, 0.15) is 23.2 Å². The largest absolute Gasteiger partial charge is 0.472 e. The zero-order chi connectivity index (χ0) is 17.8. The Balaban J connectivity index is 1.41. The van der Waals surface area contributed by atoms with Gasteiger partial charge in [-0.1, -0.05) is 0 Å². The zero-order valence-corrected chi connectivity index (χ0v) is 14.2. The number of hydrogen-bond donors (Lipinski definition) is 2. The molecule has 0 atom stereocenters. The molecule has 26 heavy (non-hydrogen) atoms. The lowest BCUT2D eigenvalue weighted by molar-refractivity contribution is 0.102. The minimum absolute atomic E-state index is 0.205. The topological polar surface area (TPSA) is 83.3 Å². The molecule has 0 saturated carbocycles. The van der Waals surface area contributed by atoms with Crippen LogP contribution in [0.15, 0.2) is 59.5 Å². The van der Waals surface area contributed by atoms with E-state index in [2.05, 4.69) is 25.7 Å². The molecule has 1 saturated heterocycles. The van der Waals surface area contributed by atoms with Crippen LogP contribution in [-0.4, -0.2) is 29.2 Å². The Bertz CT molecular complexity index is 871. The summed E-state index contributed by atoms with van der Waals surface area (Å²) >= 11 is 0. The van der Waals surface area contributed by atoms with Crippen LogP contribution in [0.4, 0.5) is 22.9 Å². The van der Waals surface area contributed by atoms with Crippen molar-refractivity contribution in [3.8, 4) is 0 Å². The fourth-order valence-corrected chi connectivity index (χ4v) is 2.95. The van der Waals surface area contributed by atoms with E-state index in [9.17, 15) is 4.79 Å². The molecule has 3 heterocycles. The normalized spacial score (nSPS) is 13.6. The number of amides is 1. The molecule has 7 heteroatoms. The van der Waals surface area contributed by atoms with Crippen LogP contribution in [0.5, 0.6) is 0 Å². The minimum atomic E-state index is -0.205. The van der Waals surface area contributed by atoms with Crippen LogP contribution in [0, 0.1) is 0 Å². The Kier molecular flexibility index (Phi) is 4.51. The van der Waals surface area contributed by atoms with Crippen LogP contribution in [0.25, 0.3) is 0 Å². The molecule has 0 bridgehead atoms. The molecule has 132 valence electrons. The average molecular weight is 349 g/mol. The Labute approximate surface area is 151 Å². The van der Waals surface area contributed by atoms with Crippen molar-refractivity contribution in [1.82, 2.24) is 10.2 Å². The van der Waals surface area contributed by atoms with Crippen LogP contribution < -0.4 is 15.5 Å². The molecule has 1 amide bonds. The zero-order valence-electron chi connectivity index (χ0n) is 14.2. The van der Waals surface area contributed by atoms with Crippen molar-refractivity contribution < 1.29 is 9.21 Å². The highest BCUT2D eigenvalue weighted by Gasteiger charge is 2.13. The highest BCUT2D eigenvalue weighted by atomic mass is 16.3. The lowest BCUT2D eigenvalue weighted by atomic mass is 10.2. The Hall–Kier alpha value is -3.35. The first-order chi connectivity index (χ1) is 12.8. The van der Waals surface area contributed by atoms with Crippen molar-refractivity contribution >= 4 is 28.8 Å². The molecular weight excluding hydrogens is 330 g/mol. The third-order valence-corrected chi connectivity index (χ3v) is 4.31. The molecule has 4 rings (SSSR count). The Morgan fingerprint density at radius 2 is 1.85 bits per heavy atom. The van der Waals surface area contributed by atoms with E-state index in [1.165, 1.54) is 25.4 Å². The van der Waals surface area contributed by atoms with Gasteiger partial charge < -0.3 is 20.0 Å². The minimum Gasteiger partial charge on any atom is -0.472 e. The third kappa shape index (κ3) is 3.66. The number of hydrogen-bond acceptors (Lipinski definition) is 6. The summed E-state index contributed by atoms with van der Waals surface area (Å²) < 4.78 is 4.92. The first-order valence-corrected chi connectivity index (χ1v) is 8.56. The van der Waals surface area contributed by atoms with E-state index >= 15 is 0 Å². The van der Waals surface area contributed by atoms with Gasteiger partial charge in [-0.3, -0.25) is 4.79 Å². The van der Waals surface area contributed by atoms with Gasteiger partial charge >= 0.3 is 0 Å². The fraction of sp³-hybridized carbons (Fsp3) is 0.211. The smallest absolute Gasteiger partial charge is 0.258 e. The van der Waals surface area contributed by atoms with E-state index in [4.69, 9.17) is 4.42 Å². The van der Waals surface area contributed by atoms with Crippen LogP contribution >= 0.6 is 0 Å². The van der Waals surface area contributed by atoms with Gasteiger partial charge in [-0.25, -0.2) is 0 Å². The van der Waals surface area contributed by atoms with Gasteiger partial charge in [-0.2, -0.15) is 5.10 Å². The van der Waals surface area contributed by atoms with Gasteiger partial charge in [0.25, 0.3) is 5.91 Å². The summed E-state index contributed by atoms with van der Waals surface area (Å²) in [6, 6.07) is 11.1. The van der Waals surface area contributed by atoms with Gasteiger partial charge in [0.15, 0.2) is 5.82 Å². The lowest BCUT2D eigenvalue weighted by Crippen LogP contribution is -2.18. The summed E-state index contributed by atoms with van der Waals surface area (Å²) in [4.78, 5) is 14.3. The van der Waals surface area contributed by atoms with Crippen molar-refractivity contribution in [3.63, 3.8) is 0 Å². The first-order valence-electron chi connectivity index (χ1n) is 8.56. The van der Waals surface area contributed by atoms with E-state index in [0.29, 0.717) is 17.1 Å². The van der Waals surface area contributed by atoms with Crippen molar-refractivity contribution in [2.45, 2.75) is 12.8 Å². The molecule has 0 spiro atoms. The monoisotopic (exact) mass is 349 g/mol. The van der Waals surface area contributed by atoms with Crippen LogP contribution in [0.2, 0.25) is 0 Å². The maximum atomic E-state index is 12.0. The summed E-state index contributed by atoms with van der Waals surface area (Å²) in [5.74, 6) is 0.494. The van der Waals surface area contributed by atoms with Gasteiger partial charge in [0.05, 0.1) is 23.7 Å². The van der Waals surface area contributed by atoms with Crippen molar-refractivity contribution in [2.75, 3.05) is 28.6 Å². The van der Waals surface area contributed by atoms with Crippen LogP contribution in [-0.2, 0) is 0 Å². The predicted molar refractivity (Wildman–Crippen MR) is 99.9 cm³/mol. The summed E-state index contributed by atoms with van der Waals surface area (Å²) in [5, 5.41) is 14.3. The fourth-order valence-electron chi connectivity index (χ4n) is 2.95. The van der Waals surface area contributed by atoms with Crippen molar-refractivity contribution in [2.24, 2.45) is 0 Å². The van der Waals surface area contributed by atoms with E-state index in [1.807, 2.05) is 30.3 Å². The Morgan fingerprint density at radius 1 is 1.08 bits per heavy atom. The predicted octanol–water partition coefficient (Wildman–Crippen LogP) is 3.67. The number of furan rings is 1. The summed E-state index contributed by atoms with van der Waals surface area (Å²) in [5.41, 5.74) is 3.16. The van der Waals surface area contributed by atoms with E-state index in [0.717, 1.165) is 24.5 Å². The SMILES string of the molecule is O=C(Nc1ccc(Nc2cc(N3CCCC3)cnn2)cc1)c1ccoc1. The number of rotatable bonds is 5. The Morgan fingerprint density at radius 3 is 2.58 bits per heavy atom. The molecule has 1 aliphatic rings. The van der Waals surface area contributed by atoms with Gasteiger partial charge in [0.1, 0.15) is 6.26 Å². The second-order valence-corrected chi connectivity index (χ2v) is 6.16. The molecule has 7 nitrogen and oxygen atoms in total. The second kappa shape index (κ2) is 7.26. The molecule has 2 N–H and O–H groups in total. The van der Waals surface area contributed by atoms with E-state index in [-0.39, 0.29) is 5.91 Å². The highest BCUT2D eigenvalue weighted by Crippen LogP contribution is 2.23. The molecule has 1 aromatic carbocycles. The number of benzene rings is 1. The van der Waals surface area contributed by atoms with Gasteiger partial charge in [-0.15, -0.1) is 5.10 Å². The quantitative estimate of drug-likeness (QED) is 0.731. The molecule has 0 aliphatic carbocycles. The number of anilines is 4. The number of aromatic nitrogens is 2. The highest BCUT2D eigenvalue weighted by molar-refractivity contribution is 6.04. The van der Waals surface area contributed by atoms with Crippen molar-refractivity contribution in [1.29, 1.82) is 0 Å². The van der Waals surface area contributed by atoms with E-state index < -0.39 is 0 Å². The van der Waals surface area contributed by atoms with Gasteiger partial charge in [-0.05, 0) is 43.2 Å². The summed E-state index contributed by atoms with van der Waals surface area (Å²) in [7, 11) is 0. The number of nitrogens with zero attached hydrogens (tertiary/aromatic N) is 3. The number of nitrogens with one attached hydrogen (secondary N) is 2. The van der Waals surface area contributed by atoms with Gasteiger partial charge in [0, 0.05) is 30.5 Å². The first kappa shape index (κ1) is 16.1. The number of carbonyl (C=O) groups is 1. The third-order valence-electron chi connectivity index (χ3n) is 4.31. The van der Waals surface area contributed by atoms with Crippen molar-refractivity contribution in [3.05, 3.63) is 60.7 Å². The molecule has 0 radical (unpaired) electrons. The summed E-state index contributed by atoms with van der Waals surface area (Å²) in [6.45, 7) is 2.13. The standard InChI is InChI=1S/C19H19N5O2/c25-19(14-7-10-26-13-14)22-16-5-3-15(4-6-16)21-18-11-17(12-20-23-18)24-8-1-2-9-24/h3-7,10-13H,1-2,8-9H2,(H,21,23)(H,22,25). The molecule has 3 aromatic rings. The maximum absolute atomic E-state index is 12.0. The summed E-state index contributed by atoms with van der Waals surface area (Å²) in [6.07, 6.45) is 7.12. The van der Waals surface area contributed by atoms with E-state index in [1.54, 1.807) is 12.3 Å².